The Balaban J connectivity index is 1.34. The van der Waals surface area contributed by atoms with E-state index < -0.39 is 0 Å². The average Bonchev–Trinajstić information content (AvgIpc) is 3.39. The van der Waals surface area contributed by atoms with E-state index in [1.807, 2.05) is 47.4 Å². The molecule has 1 aromatic carbocycles. The van der Waals surface area contributed by atoms with E-state index in [4.69, 9.17) is 5.10 Å². The summed E-state index contributed by atoms with van der Waals surface area (Å²) >= 11 is 0. The van der Waals surface area contributed by atoms with Crippen LogP contribution in [-0.4, -0.2) is 54.4 Å². The lowest BCUT2D eigenvalue weighted by Gasteiger charge is -2.36. The fourth-order valence-corrected chi connectivity index (χ4v) is 4.17. The number of hydrogen-bond acceptors (Lipinski definition) is 5. The summed E-state index contributed by atoms with van der Waals surface area (Å²) in [6, 6.07) is 11.4. The van der Waals surface area contributed by atoms with Crippen LogP contribution in [0.1, 0.15) is 17.3 Å². The van der Waals surface area contributed by atoms with Gasteiger partial charge in [-0.1, -0.05) is 6.07 Å². The number of pyridine rings is 1. The predicted octanol–water partition coefficient (Wildman–Crippen LogP) is 3.36. The van der Waals surface area contributed by atoms with Crippen LogP contribution in [-0.2, 0) is 6.42 Å². The van der Waals surface area contributed by atoms with Crippen molar-refractivity contribution in [2.24, 2.45) is 0 Å². The van der Waals surface area contributed by atoms with Gasteiger partial charge in [0.25, 0.3) is 0 Å². The van der Waals surface area contributed by atoms with E-state index in [0.717, 1.165) is 41.1 Å². The van der Waals surface area contributed by atoms with Crippen molar-refractivity contribution in [3.05, 3.63) is 78.3 Å². The zero-order chi connectivity index (χ0) is 20.9. The lowest BCUT2D eigenvalue weighted by molar-refractivity contribution is 0.130. The van der Waals surface area contributed by atoms with Crippen molar-refractivity contribution in [3.8, 4) is 11.3 Å². The topological polar surface area (TPSA) is 64.1 Å². The summed E-state index contributed by atoms with van der Waals surface area (Å²) in [5, 5.41) is 10.2. The largest absolute Gasteiger partial charge is 0.302 e. The second-order valence-electron chi connectivity index (χ2n) is 8.14. The number of halogens is 1. The molecule has 5 heterocycles. The Kier molecular flexibility index (Phi) is 4.07. The van der Waals surface area contributed by atoms with Crippen LogP contribution >= 0.6 is 0 Å². The molecule has 0 atom stereocenters. The van der Waals surface area contributed by atoms with Crippen LogP contribution < -0.4 is 0 Å². The van der Waals surface area contributed by atoms with Gasteiger partial charge in [0.1, 0.15) is 5.82 Å². The molecule has 1 aliphatic heterocycles. The summed E-state index contributed by atoms with van der Waals surface area (Å²) in [5.41, 5.74) is 4.57. The van der Waals surface area contributed by atoms with Gasteiger partial charge in [0.2, 0.25) is 0 Å². The highest BCUT2D eigenvalue weighted by atomic mass is 19.1. The Morgan fingerprint density at radius 2 is 2.00 bits per heavy atom. The quantitative estimate of drug-likeness (QED) is 0.452. The Bertz CT molecular complexity index is 1410. The molecule has 31 heavy (non-hydrogen) atoms. The molecule has 1 fully saturated rings. The Labute approximate surface area is 177 Å². The van der Waals surface area contributed by atoms with Gasteiger partial charge >= 0.3 is 0 Å². The van der Waals surface area contributed by atoms with Gasteiger partial charge in [-0.2, -0.15) is 10.2 Å². The van der Waals surface area contributed by atoms with Crippen LogP contribution in [0.5, 0.6) is 0 Å². The minimum absolute atomic E-state index is 0.274. The third-order valence-electron chi connectivity index (χ3n) is 5.89. The molecular formula is C23H20FN7. The molecule has 7 nitrogen and oxygen atoms in total. The van der Waals surface area contributed by atoms with Gasteiger partial charge in [0.15, 0.2) is 5.65 Å². The first-order valence-corrected chi connectivity index (χ1v) is 10.2. The van der Waals surface area contributed by atoms with E-state index in [2.05, 4.69) is 27.0 Å². The van der Waals surface area contributed by atoms with Gasteiger partial charge in [-0.05, 0) is 36.9 Å². The first-order valence-electron chi connectivity index (χ1n) is 10.2. The van der Waals surface area contributed by atoms with Crippen molar-refractivity contribution < 1.29 is 4.39 Å². The molecule has 1 saturated heterocycles. The number of likely N-dealkylation sites (tertiary alicyclic amines) is 1. The van der Waals surface area contributed by atoms with Crippen LogP contribution in [0.2, 0.25) is 0 Å². The molecule has 154 valence electrons. The highest BCUT2D eigenvalue weighted by Gasteiger charge is 2.25. The normalized spacial score (nSPS) is 15.0. The molecule has 0 bridgehead atoms. The van der Waals surface area contributed by atoms with Gasteiger partial charge in [0.05, 0.1) is 35.3 Å². The maximum absolute atomic E-state index is 14.7. The van der Waals surface area contributed by atoms with E-state index >= 15 is 0 Å². The minimum Gasteiger partial charge on any atom is -0.302 e. The van der Waals surface area contributed by atoms with Crippen molar-refractivity contribution in [2.45, 2.75) is 12.5 Å². The number of hydrogen-bond donors (Lipinski definition) is 0. The predicted molar refractivity (Wildman–Crippen MR) is 115 cm³/mol. The molecule has 0 N–H and O–H groups in total. The van der Waals surface area contributed by atoms with Gasteiger partial charge in [0, 0.05) is 48.9 Å². The number of rotatable bonds is 4. The van der Waals surface area contributed by atoms with Crippen LogP contribution in [0.4, 0.5) is 4.39 Å². The summed E-state index contributed by atoms with van der Waals surface area (Å²) in [4.78, 5) is 10.9. The second kappa shape index (κ2) is 6.95. The first-order chi connectivity index (χ1) is 15.1. The molecule has 5 aromatic rings. The highest BCUT2D eigenvalue weighted by molar-refractivity contribution is 5.79. The summed E-state index contributed by atoms with van der Waals surface area (Å²) in [7, 11) is 2.10. The van der Waals surface area contributed by atoms with E-state index in [9.17, 15) is 4.39 Å². The smallest absolute Gasteiger partial charge is 0.153 e. The zero-order valence-electron chi connectivity index (χ0n) is 17.0. The third-order valence-corrected chi connectivity index (χ3v) is 5.89. The summed E-state index contributed by atoms with van der Waals surface area (Å²) in [5.74, 6) is -0.274. The fourth-order valence-electron chi connectivity index (χ4n) is 4.17. The van der Waals surface area contributed by atoms with E-state index in [1.54, 1.807) is 16.9 Å². The highest BCUT2D eigenvalue weighted by Crippen LogP contribution is 2.24. The molecule has 0 radical (unpaired) electrons. The van der Waals surface area contributed by atoms with Gasteiger partial charge in [-0.25, -0.2) is 13.9 Å². The Hall–Kier alpha value is -3.65. The molecule has 0 amide bonds. The SMILES string of the molecule is CN1CC(n2cc(-c3ccc4ncc(Cc5cc6cccnc6cc5F)n4n3)cn2)C1. The molecule has 0 saturated carbocycles. The lowest BCUT2D eigenvalue weighted by Crippen LogP contribution is -2.45. The number of benzene rings is 1. The van der Waals surface area contributed by atoms with Crippen molar-refractivity contribution in [2.75, 3.05) is 20.1 Å². The molecule has 0 spiro atoms. The maximum atomic E-state index is 14.7. The number of imidazole rings is 1. The van der Waals surface area contributed by atoms with E-state index in [-0.39, 0.29) is 5.82 Å². The molecule has 8 heteroatoms. The van der Waals surface area contributed by atoms with E-state index in [0.29, 0.717) is 23.5 Å². The number of fused-ring (bicyclic) bond motifs is 2. The van der Waals surface area contributed by atoms with Crippen LogP contribution in [0.3, 0.4) is 0 Å². The summed E-state index contributed by atoms with van der Waals surface area (Å²) in [6.45, 7) is 2.01. The first kappa shape index (κ1) is 18.1. The second-order valence-corrected chi connectivity index (χ2v) is 8.14. The standard InChI is InChI=1S/C23H20FN7/c1-29-13-19(14-29)30-12-17(10-27-30)21-4-5-23-26-11-18(31(23)28-21)8-16-7-15-3-2-6-25-22(15)9-20(16)24/h2-7,9-12,19H,8,13-14H2,1H3. The molecule has 0 unspecified atom stereocenters. The van der Waals surface area contributed by atoms with Crippen molar-refractivity contribution in [1.29, 1.82) is 0 Å². The number of likely N-dealkylation sites (N-methyl/N-ethyl adjacent to an activating group) is 1. The molecule has 6 rings (SSSR count). The average molecular weight is 413 g/mol. The van der Waals surface area contributed by atoms with Crippen molar-refractivity contribution in [3.63, 3.8) is 0 Å². The molecule has 1 aliphatic rings. The summed E-state index contributed by atoms with van der Waals surface area (Å²) in [6.07, 6.45) is 7.70. The number of aromatic nitrogens is 6. The molecular weight excluding hydrogens is 393 g/mol. The van der Waals surface area contributed by atoms with E-state index in [1.165, 1.54) is 6.07 Å². The fraction of sp³-hybridized carbons (Fsp3) is 0.217. The van der Waals surface area contributed by atoms with Gasteiger partial charge in [-0.15, -0.1) is 0 Å². The zero-order valence-corrected chi connectivity index (χ0v) is 17.0. The Morgan fingerprint density at radius 3 is 2.87 bits per heavy atom. The van der Waals surface area contributed by atoms with Crippen LogP contribution in [0.25, 0.3) is 27.8 Å². The van der Waals surface area contributed by atoms with Crippen LogP contribution in [0, 0.1) is 5.82 Å². The maximum Gasteiger partial charge on any atom is 0.153 e. The van der Waals surface area contributed by atoms with Crippen molar-refractivity contribution in [1.82, 2.24) is 34.3 Å². The lowest BCUT2D eigenvalue weighted by atomic mass is 10.1. The third kappa shape index (κ3) is 3.16. The minimum atomic E-state index is -0.274. The summed E-state index contributed by atoms with van der Waals surface area (Å²) < 4.78 is 18.5. The van der Waals surface area contributed by atoms with Gasteiger partial charge < -0.3 is 4.90 Å². The Morgan fingerprint density at radius 1 is 1.10 bits per heavy atom. The van der Waals surface area contributed by atoms with Crippen LogP contribution in [0.15, 0.2) is 61.2 Å². The monoisotopic (exact) mass is 413 g/mol. The van der Waals surface area contributed by atoms with Gasteiger partial charge in [-0.3, -0.25) is 9.67 Å². The molecule has 0 aliphatic carbocycles. The number of nitrogens with zero attached hydrogens (tertiary/aromatic N) is 7. The molecule has 4 aromatic heterocycles. The van der Waals surface area contributed by atoms with Crippen molar-refractivity contribution >= 4 is 16.6 Å².